The number of likely N-dealkylation sites (tertiary alicyclic amines) is 1. The average molecular weight is 452 g/mol. The zero-order chi connectivity index (χ0) is 20.0. The van der Waals surface area contributed by atoms with Crippen LogP contribution in [-0.4, -0.2) is 35.6 Å². The molecule has 0 unspecified atom stereocenters. The molecular formula is C23H22BrN3O2. The number of amides is 1. The maximum Gasteiger partial charge on any atom is 0.253 e. The van der Waals surface area contributed by atoms with Crippen molar-refractivity contribution in [3.8, 4) is 11.4 Å². The number of carbonyl (C=O) groups is 1. The van der Waals surface area contributed by atoms with Crippen molar-refractivity contribution in [3.63, 3.8) is 0 Å². The van der Waals surface area contributed by atoms with Crippen molar-refractivity contribution in [1.82, 2.24) is 9.47 Å². The highest BCUT2D eigenvalue weighted by Crippen LogP contribution is 2.44. The third-order valence-corrected chi connectivity index (χ3v) is 6.60. The van der Waals surface area contributed by atoms with E-state index in [4.69, 9.17) is 4.74 Å². The molecule has 0 aliphatic carbocycles. The number of anilines is 1. The van der Waals surface area contributed by atoms with Gasteiger partial charge >= 0.3 is 0 Å². The minimum atomic E-state index is -0.181. The Balaban J connectivity index is 1.41. The van der Waals surface area contributed by atoms with Gasteiger partial charge in [0.2, 0.25) is 0 Å². The number of carbonyl (C=O) groups excluding carboxylic acids is 1. The Labute approximate surface area is 178 Å². The van der Waals surface area contributed by atoms with E-state index in [-0.39, 0.29) is 11.4 Å². The molecule has 0 radical (unpaired) electrons. The molecule has 0 atom stereocenters. The van der Waals surface area contributed by atoms with Crippen LogP contribution in [0.2, 0.25) is 0 Å². The molecule has 2 aliphatic rings. The van der Waals surface area contributed by atoms with Gasteiger partial charge in [0.1, 0.15) is 5.75 Å². The first-order valence-corrected chi connectivity index (χ1v) is 10.6. The van der Waals surface area contributed by atoms with Crippen molar-refractivity contribution in [3.05, 3.63) is 76.5 Å². The lowest BCUT2D eigenvalue weighted by molar-refractivity contribution is 0.0676. The lowest BCUT2D eigenvalue weighted by Crippen LogP contribution is -2.51. The first-order valence-electron chi connectivity index (χ1n) is 9.79. The summed E-state index contributed by atoms with van der Waals surface area (Å²) in [6.07, 6.45) is 3.83. The Morgan fingerprint density at radius 1 is 1.10 bits per heavy atom. The molecule has 2 aromatic carbocycles. The highest BCUT2D eigenvalue weighted by Gasteiger charge is 2.42. The topological polar surface area (TPSA) is 46.5 Å². The van der Waals surface area contributed by atoms with Gasteiger partial charge in [0.05, 0.1) is 24.0 Å². The summed E-state index contributed by atoms with van der Waals surface area (Å²) >= 11 is 3.43. The number of halogens is 1. The fourth-order valence-corrected chi connectivity index (χ4v) is 4.77. The van der Waals surface area contributed by atoms with E-state index in [0.29, 0.717) is 13.1 Å². The van der Waals surface area contributed by atoms with Gasteiger partial charge in [0.15, 0.2) is 0 Å². The highest BCUT2D eigenvalue weighted by molar-refractivity contribution is 9.10. The Hall–Kier alpha value is -2.73. The van der Waals surface area contributed by atoms with Crippen LogP contribution in [0, 0.1) is 0 Å². The Morgan fingerprint density at radius 3 is 2.59 bits per heavy atom. The number of nitrogens with zero attached hydrogens (tertiary/aromatic N) is 2. The van der Waals surface area contributed by atoms with Gasteiger partial charge in [-0.2, -0.15) is 0 Å². The zero-order valence-corrected chi connectivity index (χ0v) is 17.8. The van der Waals surface area contributed by atoms with Crippen LogP contribution < -0.4 is 10.1 Å². The molecule has 2 aliphatic heterocycles. The standard InChI is InChI=1S/C23H22BrN3O2/c1-29-18-8-9-20-19(15-18)25-23(21-3-2-12-27(20)21)10-13-26(14-11-23)22(28)16-4-6-17(24)7-5-16/h2-9,12,15,25H,10-11,13-14H2,1H3. The number of nitrogens with one attached hydrogen (secondary N) is 1. The van der Waals surface area contributed by atoms with Crippen molar-refractivity contribution < 1.29 is 9.53 Å². The van der Waals surface area contributed by atoms with Gasteiger partial charge in [-0.15, -0.1) is 0 Å². The fraction of sp³-hybridized carbons (Fsp3) is 0.261. The Bertz CT molecular complexity index is 1070. The number of hydrogen-bond acceptors (Lipinski definition) is 3. The van der Waals surface area contributed by atoms with Gasteiger partial charge < -0.3 is 19.5 Å². The first-order chi connectivity index (χ1) is 14.1. The van der Waals surface area contributed by atoms with Crippen LogP contribution in [0.15, 0.2) is 65.3 Å². The van der Waals surface area contributed by atoms with Crippen molar-refractivity contribution in [2.45, 2.75) is 18.4 Å². The second-order valence-electron chi connectivity index (χ2n) is 7.65. The molecule has 1 spiro atoms. The number of hydrogen-bond donors (Lipinski definition) is 1. The summed E-state index contributed by atoms with van der Waals surface area (Å²) in [4.78, 5) is 14.9. The van der Waals surface area contributed by atoms with E-state index in [2.05, 4.69) is 56.3 Å². The van der Waals surface area contributed by atoms with E-state index >= 15 is 0 Å². The molecule has 3 aromatic rings. The third kappa shape index (κ3) is 3.02. The Morgan fingerprint density at radius 2 is 1.86 bits per heavy atom. The van der Waals surface area contributed by atoms with Crippen molar-refractivity contribution in [1.29, 1.82) is 0 Å². The normalized spacial score (nSPS) is 16.7. The molecule has 29 heavy (non-hydrogen) atoms. The van der Waals surface area contributed by atoms with Crippen LogP contribution in [0.3, 0.4) is 0 Å². The second kappa shape index (κ2) is 6.95. The van der Waals surface area contributed by atoms with Crippen molar-refractivity contribution in [2.75, 3.05) is 25.5 Å². The molecule has 0 saturated carbocycles. The monoisotopic (exact) mass is 451 g/mol. The van der Waals surface area contributed by atoms with Crippen LogP contribution in [0.4, 0.5) is 5.69 Å². The van der Waals surface area contributed by atoms with Crippen LogP contribution in [0.1, 0.15) is 28.9 Å². The van der Waals surface area contributed by atoms with E-state index in [9.17, 15) is 4.79 Å². The van der Waals surface area contributed by atoms with Crippen molar-refractivity contribution in [2.24, 2.45) is 0 Å². The minimum Gasteiger partial charge on any atom is -0.497 e. The van der Waals surface area contributed by atoms with Gasteiger partial charge in [-0.1, -0.05) is 15.9 Å². The smallest absolute Gasteiger partial charge is 0.253 e. The number of fused-ring (bicyclic) bond motifs is 4. The largest absolute Gasteiger partial charge is 0.497 e. The minimum absolute atomic E-state index is 0.0978. The molecular weight excluding hydrogens is 430 g/mol. The molecule has 5 nitrogen and oxygen atoms in total. The SMILES string of the molecule is COc1ccc2c(c1)NC1(CCN(C(=O)c3ccc(Br)cc3)CC1)c1cccn1-2. The number of piperidine rings is 1. The molecule has 1 amide bonds. The molecule has 1 aromatic heterocycles. The molecule has 6 heteroatoms. The molecule has 1 fully saturated rings. The molecule has 5 rings (SSSR count). The second-order valence-corrected chi connectivity index (χ2v) is 8.57. The number of rotatable bonds is 2. The van der Waals surface area contributed by atoms with Crippen LogP contribution in [-0.2, 0) is 5.54 Å². The zero-order valence-electron chi connectivity index (χ0n) is 16.2. The quantitative estimate of drug-likeness (QED) is 0.608. The van der Waals surface area contributed by atoms with Gasteiger partial charge in [-0.05, 0) is 61.4 Å². The summed E-state index contributed by atoms with van der Waals surface area (Å²) in [5.74, 6) is 0.936. The number of aromatic nitrogens is 1. The summed E-state index contributed by atoms with van der Waals surface area (Å²) in [6, 6.07) is 18.0. The van der Waals surface area contributed by atoms with Crippen LogP contribution in [0.25, 0.3) is 5.69 Å². The fourth-order valence-electron chi connectivity index (χ4n) is 4.50. The van der Waals surface area contributed by atoms with E-state index in [0.717, 1.165) is 40.0 Å². The van der Waals surface area contributed by atoms with Gasteiger partial charge in [0.25, 0.3) is 5.91 Å². The highest BCUT2D eigenvalue weighted by atomic mass is 79.9. The van der Waals surface area contributed by atoms with Gasteiger partial charge in [-0.3, -0.25) is 4.79 Å². The van der Waals surface area contributed by atoms with E-state index < -0.39 is 0 Å². The van der Waals surface area contributed by atoms with E-state index in [1.54, 1.807) is 7.11 Å². The molecule has 1 N–H and O–H groups in total. The molecule has 0 bridgehead atoms. The Kier molecular flexibility index (Phi) is 4.39. The maximum atomic E-state index is 12.9. The summed E-state index contributed by atoms with van der Waals surface area (Å²) in [5.41, 5.74) is 4.01. The van der Waals surface area contributed by atoms with E-state index in [1.165, 1.54) is 5.69 Å². The number of ether oxygens (including phenoxy) is 1. The number of benzene rings is 2. The first kappa shape index (κ1) is 18.3. The molecule has 3 heterocycles. The van der Waals surface area contributed by atoms with E-state index in [1.807, 2.05) is 35.2 Å². The molecule has 148 valence electrons. The maximum absolute atomic E-state index is 12.9. The van der Waals surface area contributed by atoms with Crippen molar-refractivity contribution >= 4 is 27.5 Å². The summed E-state index contributed by atoms with van der Waals surface area (Å²) in [5, 5.41) is 3.79. The van der Waals surface area contributed by atoms with Crippen LogP contribution >= 0.6 is 15.9 Å². The summed E-state index contributed by atoms with van der Waals surface area (Å²) < 4.78 is 8.67. The van der Waals surface area contributed by atoms with Gasteiger partial charge in [-0.25, -0.2) is 0 Å². The van der Waals surface area contributed by atoms with Gasteiger partial charge in [0, 0.05) is 41.1 Å². The summed E-state index contributed by atoms with van der Waals surface area (Å²) in [6.45, 7) is 1.43. The molecule has 1 saturated heterocycles. The predicted octanol–water partition coefficient (Wildman–Crippen LogP) is 4.81. The average Bonchev–Trinajstić information content (AvgIpc) is 3.25. The lowest BCUT2D eigenvalue weighted by atomic mass is 9.82. The summed E-state index contributed by atoms with van der Waals surface area (Å²) in [7, 11) is 1.69. The number of methoxy groups -OCH3 is 1. The lowest BCUT2D eigenvalue weighted by Gasteiger charge is -2.46. The third-order valence-electron chi connectivity index (χ3n) is 6.07. The van der Waals surface area contributed by atoms with Crippen LogP contribution in [0.5, 0.6) is 5.75 Å². The predicted molar refractivity (Wildman–Crippen MR) is 117 cm³/mol.